The first-order chi connectivity index (χ1) is 13.9. The van der Waals surface area contributed by atoms with E-state index < -0.39 is 5.82 Å². The zero-order chi connectivity index (χ0) is 20.5. The monoisotopic (exact) mass is 431 g/mol. The summed E-state index contributed by atoms with van der Waals surface area (Å²) in [5.74, 6) is -0.439. The number of nitrogens with zero attached hydrogens (tertiary/aromatic N) is 2. The molecule has 0 aliphatic rings. The Kier molecular flexibility index (Phi) is 5.40. The molecule has 0 aliphatic carbocycles. The number of hydrogen-bond donors (Lipinski definition) is 3. The third-order valence-electron chi connectivity index (χ3n) is 4.69. The molecule has 150 valence electrons. The fraction of sp³-hybridized carbons (Fsp3) is 0.200. The quantitative estimate of drug-likeness (QED) is 0.433. The highest BCUT2D eigenvalue weighted by Crippen LogP contribution is 2.30. The molecular formula is C20H19ClFN5OS. The van der Waals surface area contributed by atoms with E-state index in [4.69, 9.17) is 17.3 Å². The Morgan fingerprint density at radius 1 is 1.34 bits per heavy atom. The van der Waals surface area contributed by atoms with Gasteiger partial charge in [0, 0.05) is 25.8 Å². The maximum atomic E-state index is 13.6. The summed E-state index contributed by atoms with van der Waals surface area (Å²) in [5.41, 5.74) is 9.45. The third kappa shape index (κ3) is 4.19. The SMILES string of the molecule is Cn1c(=O)[nH]c2ccc(-c3cnc(NCC(N)Cc4ccc(Cl)c(F)c4)s3)cc21. The number of anilines is 1. The van der Waals surface area contributed by atoms with Crippen LogP contribution >= 0.6 is 22.9 Å². The van der Waals surface area contributed by atoms with Gasteiger partial charge >= 0.3 is 5.69 Å². The van der Waals surface area contributed by atoms with E-state index in [1.807, 2.05) is 18.2 Å². The lowest BCUT2D eigenvalue weighted by Crippen LogP contribution is -2.31. The Labute approximate surface area is 175 Å². The third-order valence-corrected chi connectivity index (χ3v) is 6.00. The van der Waals surface area contributed by atoms with Crippen LogP contribution in [0.1, 0.15) is 5.56 Å². The molecule has 6 nitrogen and oxygen atoms in total. The summed E-state index contributed by atoms with van der Waals surface area (Å²) in [6.07, 6.45) is 2.32. The molecule has 1 atom stereocenters. The Hall–Kier alpha value is -2.68. The first kappa shape index (κ1) is 19.6. The maximum absolute atomic E-state index is 13.6. The zero-order valence-corrected chi connectivity index (χ0v) is 17.1. The summed E-state index contributed by atoms with van der Waals surface area (Å²) >= 11 is 7.22. The first-order valence-corrected chi connectivity index (χ1v) is 10.2. The number of rotatable bonds is 6. The summed E-state index contributed by atoms with van der Waals surface area (Å²) < 4.78 is 15.1. The standard InChI is InChI=1S/C20H19ClFN5OS/c1-27-17-8-12(3-5-16(17)26-20(27)28)18-10-25-19(29-18)24-9-13(23)6-11-2-4-14(21)15(22)7-11/h2-5,7-8,10,13H,6,9,23H2,1H3,(H,24,25)(H,26,28). The minimum Gasteiger partial charge on any atom is -0.360 e. The lowest BCUT2D eigenvalue weighted by atomic mass is 10.1. The highest BCUT2D eigenvalue weighted by molar-refractivity contribution is 7.18. The molecule has 4 rings (SSSR count). The fourth-order valence-electron chi connectivity index (χ4n) is 3.13. The van der Waals surface area contributed by atoms with Gasteiger partial charge in [0.25, 0.3) is 0 Å². The van der Waals surface area contributed by atoms with Crippen LogP contribution in [-0.2, 0) is 13.5 Å². The second kappa shape index (κ2) is 7.98. The topological polar surface area (TPSA) is 88.7 Å². The van der Waals surface area contributed by atoms with E-state index in [-0.39, 0.29) is 16.8 Å². The number of imidazole rings is 1. The van der Waals surface area contributed by atoms with Crippen molar-refractivity contribution in [2.45, 2.75) is 12.5 Å². The maximum Gasteiger partial charge on any atom is 0.326 e. The van der Waals surface area contributed by atoms with Crippen molar-refractivity contribution in [3.8, 4) is 10.4 Å². The zero-order valence-electron chi connectivity index (χ0n) is 15.6. The summed E-state index contributed by atoms with van der Waals surface area (Å²) in [7, 11) is 1.73. The largest absolute Gasteiger partial charge is 0.360 e. The number of thiazole rings is 1. The van der Waals surface area contributed by atoms with Gasteiger partial charge in [-0.2, -0.15) is 0 Å². The van der Waals surface area contributed by atoms with Crippen LogP contribution in [0.2, 0.25) is 5.02 Å². The molecule has 2 aromatic carbocycles. The molecule has 1 unspecified atom stereocenters. The van der Waals surface area contributed by atoms with Crippen LogP contribution in [0, 0.1) is 5.82 Å². The Morgan fingerprint density at radius 2 is 2.17 bits per heavy atom. The van der Waals surface area contributed by atoms with Gasteiger partial charge in [-0.05, 0) is 41.8 Å². The highest BCUT2D eigenvalue weighted by Gasteiger charge is 2.11. The number of aromatic amines is 1. The van der Waals surface area contributed by atoms with Crippen LogP contribution in [0.25, 0.3) is 21.5 Å². The van der Waals surface area contributed by atoms with Crippen molar-refractivity contribution >= 4 is 39.1 Å². The van der Waals surface area contributed by atoms with Crippen molar-refractivity contribution in [1.29, 1.82) is 0 Å². The minimum atomic E-state index is -0.439. The van der Waals surface area contributed by atoms with Crippen LogP contribution in [0.4, 0.5) is 9.52 Å². The molecule has 0 amide bonds. The predicted octanol–water partition coefficient (Wildman–Crippen LogP) is 3.76. The average Bonchev–Trinajstić information content (AvgIpc) is 3.28. The average molecular weight is 432 g/mol. The number of nitrogens with two attached hydrogens (primary N) is 1. The molecule has 0 saturated heterocycles. The molecule has 4 N–H and O–H groups in total. The van der Waals surface area contributed by atoms with Crippen molar-refractivity contribution in [1.82, 2.24) is 14.5 Å². The molecule has 0 bridgehead atoms. The van der Waals surface area contributed by atoms with Gasteiger partial charge in [-0.1, -0.05) is 35.1 Å². The van der Waals surface area contributed by atoms with Crippen molar-refractivity contribution in [2.75, 3.05) is 11.9 Å². The summed E-state index contributed by atoms with van der Waals surface area (Å²) in [6.45, 7) is 0.503. The van der Waals surface area contributed by atoms with Crippen molar-refractivity contribution < 1.29 is 4.39 Å². The van der Waals surface area contributed by atoms with E-state index in [9.17, 15) is 9.18 Å². The smallest absolute Gasteiger partial charge is 0.326 e. The normalized spacial score (nSPS) is 12.4. The minimum absolute atomic E-state index is 0.105. The van der Waals surface area contributed by atoms with Crippen LogP contribution < -0.4 is 16.7 Å². The van der Waals surface area contributed by atoms with Crippen LogP contribution in [0.3, 0.4) is 0 Å². The van der Waals surface area contributed by atoms with Crippen molar-refractivity contribution in [2.24, 2.45) is 12.8 Å². The van der Waals surface area contributed by atoms with Crippen LogP contribution in [0.15, 0.2) is 47.4 Å². The number of nitrogens with one attached hydrogen (secondary N) is 2. The van der Waals surface area contributed by atoms with E-state index in [1.165, 1.54) is 23.5 Å². The Balaban J connectivity index is 1.42. The van der Waals surface area contributed by atoms with Gasteiger partial charge in [0.1, 0.15) is 5.82 Å². The van der Waals surface area contributed by atoms with Gasteiger partial charge in [0.15, 0.2) is 5.13 Å². The molecule has 0 saturated carbocycles. The molecule has 2 heterocycles. The molecule has 0 fully saturated rings. The molecular weight excluding hydrogens is 413 g/mol. The molecule has 0 spiro atoms. The summed E-state index contributed by atoms with van der Waals surface area (Å²) in [4.78, 5) is 19.9. The van der Waals surface area contributed by atoms with Crippen LogP contribution in [0.5, 0.6) is 0 Å². The predicted molar refractivity (Wildman–Crippen MR) is 116 cm³/mol. The number of H-pyrrole nitrogens is 1. The number of benzene rings is 2. The van der Waals surface area contributed by atoms with E-state index in [0.29, 0.717) is 13.0 Å². The number of halogens is 2. The number of aryl methyl sites for hydroxylation is 1. The van der Waals surface area contributed by atoms with Gasteiger partial charge in [-0.25, -0.2) is 14.2 Å². The van der Waals surface area contributed by atoms with E-state index >= 15 is 0 Å². The fourth-order valence-corrected chi connectivity index (χ4v) is 4.06. The summed E-state index contributed by atoms with van der Waals surface area (Å²) in [6, 6.07) is 10.3. The Bertz CT molecular complexity index is 1230. The summed E-state index contributed by atoms with van der Waals surface area (Å²) in [5, 5.41) is 4.09. The second-order valence-corrected chi connectivity index (χ2v) is 8.28. The van der Waals surface area contributed by atoms with Gasteiger partial charge in [0.2, 0.25) is 0 Å². The molecule has 2 aromatic heterocycles. The lowest BCUT2D eigenvalue weighted by molar-refractivity contribution is 0.621. The first-order valence-electron chi connectivity index (χ1n) is 8.99. The van der Waals surface area contributed by atoms with Gasteiger partial charge in [-0.3, -0.25) is 4.57 Å². The second-order valence-electron chi connectivity index (χ2n) is 6.84. The van der Waals surface area contributed by atoms with Gasteiger partial charge in [-0.15, -0.1) is 0 Å². The van der Waals surface area contributed by atoms with Gasteiger partial charge in [0.05, 0.1) is 20.9 Å². The number of fused-ring (bicyclic) bond motifs is 1. The molecule has 0 radical (unpaired) electrons. The molecule has 9 heteroatoms. The number of aromatic nitrogens is 3. The van der Waals surface area contributed by atoms with E-state index in [0.717, 1.165) is 32.2 Å². The van der Waals surface area contributed by atoms with E-state index in [2.05, 4.69) is 15.3 Å². The van der Waals surface area contributed by atoms with Crippen LogP contribution in [-0.4, -0.2) is 27.1 Å². The molecule has 0 aliphatic heterocycles. The molecule has 4 aromatic rings. The number of hydrogen-bond acceptors (Lipinski definition) is 5. The Morgan fingerprint density at radius 3 is 2.97 bits per heavy atom. The van der Waals surface area contributed by atoms with E-state index in [1.54, 1.807) is 23.9 Å². The molecule has 29 heavy (non-hydrogen) atoms. The van der Waals surface area contributed by atoms with Crippen molar-refractivity contribution in [3.63, 3.8) is 0 Å². The highest BCUT2D eigenvalue weighted by atomic mass is 35.5. The van der Waals surface area contributed by atoms with Gasteiger partial charge < -0.3 is 16.0 Å². The van der Waals surface area contributed by atoms with Crippen molar-refractivity contribution in [3.05, 3.63) is 69.5 Å². The lowest BCUT2D eigenvalue weighted by Gasteiger charge is -2.12.